The number of anilines is 1. The first-order valence-electron chi connectivity index (χ1n) is 10.5. The zero-order valence-corrected chi connectivity index (χ0v) is 20.4. The maximum atomic E-state index is 12.9. The summed E-state index contributed by atoms with van der Waals surface area (Å²) in [6, 6.07) is 3.55. The molecular weight excluding hydrogens is 444 g/mol. The van der Waals surface area contributed by atoms with Gasteiger partial charge in [-0.05, 0) is 44.9 Å². The Balaban J connectivity index is 1.85. The fourth-order valence-corrected chi connectivity index (χ4v) is 4.42. The van der Waals surface area contributed by atoms with Gasteiger partial charge in [-0.1, -0.05) is 6.92 Å². The van der Waals surface area contributed by atoms with Gasteiger partial charge in [0.1, 0.15) is 11.7 Å². The van der Waals surface area contributed by atoms with Crippen molar-refractivity contribution in [3.8, 4) is 0 Å². The lowest BCUT2D eigenvalue weighted by molar-refractivity contribution is 0.0506. The third-order valence-electron chi connectivity index (χ3n) is 4.87. The highest BCUT2D eigenvalue weighted by Gasteiger charge is 2.28. The fourth-order valence-electron chi connectivity index (χ4n) is 3.21. The average Bonchev–Trinajstić information content (AvgIpc) is 3.43. The Hall–Kier alpha value is -3.47. The lowest BCUT2D eigenvalue weighted by atomic mass is 10.1. The first-order chi connectivity index (χ1) is 15.6. The Morgan fingerprint density at radius 1 is 1.18 bits per heavy atom. The first kappa shape index (κ1) is 24.2. The predicted molar refractivity (Wildman–Crippen MR) is 125 cm³/mol. The van der Waals surface area contributed by atoms with E-state index in [9.17, 15) is 14.4 Å². The van der Waals surface area contributed by atoms with E-state index in [4.69, 9.17) is 4.74 Å². The topological polar surface area (TPSA) is 111 Å². The molecule has 0 bridgehead atoms. The summed E-state index contributed by atoms with van der Waals surface area (Å²) in [5.74, 6) is -1.32. The number of carbonyl (C=O) groups excluding carboxylic acids is 3. The van der Waals surface area contributed by atoms with Crippen molar-refractivity contribution in [2.45, 2.75) is 40.8 Å². The number of thiophene rings is 1. The number of amides is 2. The van der Waals surface area contributed by atoms with Crippen LogP contribution in [0.5, 0.6) is 0 Å². The first-order valence-corrected chi connectivity index (χ1v) is 11.3. The molecule has 0 unspecified atom stereocenters. The van der Waals surface area contributed by atoms with Crippen LogP contribution < -0.4 is 5.32 Å². The molecular formula is C22H28N6O4S. The molecule has 1 N–H and O–H groups in total. The van der Waals surface area contributed by atoms with Crippen LogP contribution in [0.3, 0.4) is 0 Å². The van der Waals surface area contributed by atoms with Gasteiger partial charge >= 0.3 is 5.97 Å². The van der Waals surface area contributed by atoms with E-state index < -0.39 is 11.9 Å². The van der Waals surface area contributed by atoms with Crippen molar-refractivity contribution in [1.29, 1.82) is 0 Å². The van der Waals surface area contributed by atoms with Crippen LogP contribution in [0.25, 0.3) is 0 Å². The molecule has 0 aliphatic heterocycles. The Morgan fingerprint density at radius 3 is 2.52 bits per heavy atom. The van der Waals surface area contributed by atoms with Gasteiger partial charge in [-0.15, -0.1) is 11.3 Å². The summed E-state index contributed by atoms with van der Waals surface area (Å²) >= 11 is 1.05. The third kappa shape index (κ3) is 5.30. The van der Waals surface area contributed by atoms with Crippen molar-refractivity contribution in [3.63, 3.8) is 0 Å². The van der Waals surface area contributed by atoms with Gasteiger partial charge in [0, 0.05) is 26.0 Å². The van der Waals surface area contributed by atoms with Crippen LogP contribution in [0.4, 0.5) is 5.00 Å². The zero-order valence-electron chi connectivity index (χ0n) is 19.6. The molecule has 0 aliphatic rings. The van der Waals surface area contributed by atoms with Crippen molar-refractivity contribution in [1.82, 2.24) is 24.5 Å². The molecule has 0 atom stereocenters. The second-order valence-electron chi connectivity index (χ2n) is 7.86. The van der Waals surface area contributed by atoms with Crippen LogP contribution in [-0.2, 0) is 11.4 Å². The predicted octanol–water partition coefficient (Wildman–Crippen LogP) is 3.09. The van der Waals surface area contributed by atoms with Gasteiger partial charge in [0.2, 0.25) is 0 Å². The number of carbonyl (C=O) groups is 3. The molecule has 0 aromatic carbocycles. The Bertz CT molecular complexity index is 1190. The van der Waals surface area contributed by atoms with Crippen molar-refractivity contribution in [3.05, 3.63) is 51.4 Å². The number of aryl methyl sites for hydroxylation is 2. The maximum Gasteiger partial charge on any atom is 0.341 e. The lowest BCUT2D eigenvalue weighted by Crippen LogP contribution is -2.21. The summed E-state index contributed by atoms with van der Waals surface area (Å²) in [5, 5.41) is 11.7. The van der Waals surface area contributed by atoms with E-state index in [1.807, 2.05) is 26.8 Å². The van der Waals surface area contributed by atoms with E-state index in [1.165, 1.54) is 4.90 Å². The minimum atomic E-state index is -0.575. The molecule has 33 heavy (non-hydrogen) atoms. The second kappa shape index (κ2) is 9.99. The van der Waals surface area contributed by atoms with Crippen molar-refractivity contribution >= 4 is 34.1 Å². The average molecular weight is 473 g/mol. The van der Waals surface area contributed by atoms with E-state index in [-0.39, 0.29) is 28.8 Å². The molecule has 0 saturated carbocycles. The Labute approximate surface area is 196 Å². The van der Waals surface area contributed by atoms with Crippen LogP contribution in [0.2, 0.25) is 0 Å². The number of rotatable bonds is 8. The summed E-state index contributed by atoms with van der Waals surface area (Å²) in [7, 11) is 3.26. The number of hydrogen-bond acceptors (Lipinski definition) is 7. The van der Waals surface area contributed by atoms with Gasteiger partial charge in [-0.2, -0.15) is 10.2 Å². The van der Waals surface area contributed by atoms with Crippen LogP contribution in [0.15, 0.2) is 18.3 Å². The molecule has 0 saturated heterocycles. The largest absolute Gasteiger partial charge is 0.462 e. The molecule has 2 amide bonds. The van der Waals surface area contributed by atoms with Crippen molar-refractivity contribution < 1.29 is 19.1 Å². The van der Waals surface area contributed by atoms with Crippen LogP contribution in [0, 0.1) is 20.8 Å². The van der Waals surface area contributed by atoms with Gasteiger partial charge in [0.05, 0.1) is 22.7 Å². The van der Waals surface area contributed by atoms with Crippen LogP contribution >= 0.6 is 11.3 Å². The molecule has 3 aromatic rings. The fraction of sp³-hybridized carbons (Fsp3) is 0.409. The van der Waals surface area contributed by atoms with Crippen molar-refractivity contribution in [2.75, 3.05) is 26.0 Å². The number of esters is 1. The molecule has 0 fully saturated rings. The normalized spacial score (nSPS) is 10.8. The summed E-state index contributed by atoms with van der Waals surface area (Å²) < 4.78 is 8.67. The molecule has 3 heterocycles. The summed E-state index contributed by atoms with van der Waals surface area (Å²) in [4.78, 5) is 40.0. The quantitative estimate of drug-likeness (QED) is 0.504. The molecule has 3 rings (SSSR count). The second-order valence-corrected chi connectivity index (χ2v) is 8.88. The minimum Gasteiger partial charge on any atom is -0.462 e. The zero-order chi connectivity index (χ0) is 24.3. The van der Waals surface area contributed by atoms with Gasteiger partial charge in [0.25, 0.3) is 11.8 Å². The van der Waals surface area contributed by atoms with Gasteiger partial charge in [0.15, 0.2) is 5.69 Å². The summed E-state index contributed by atoms with van der Waals surface area (Å²) in [6.07, 6.45) is 2.34. The molecule has 10 nitrogen and oxygen atoms in total. The molecule has 11 heteroatoms. The van der Waals surface area contributed by atoms with Gasteiger partial charge in [-0.3, -0.25) is 14.3 Å². The van der Waals surface area contributed by atoms with E-state index >= 15 is 0 Å². The van der Waals surface area contributed by atoms with E-state index in [2.05, 4.69) is 15.5 Å². The summed E-state index contributed by atoms with van der Waals surface area (Å²) in [5.41, 5.74) is 2.72. The SMILES string of the molecule is CCCOC(=O)c1c(NC(=O)c2ccn(Cn3nc(C)cc3C)n2)sc(C(=O)N(C)C)c1C. The van der Waals surface area contributed by atoms with Crippen LogP contribution in [0.1, 0.15) is 60.8 Å². The number of aromatic nitrogens is 4. The molecule has 0 radical (unpaired) electrons. The van der Waals surface area contributed by atoms with E-state index in [1.54, 1.807) is 42.6 Å². The van der Waals surface area contributed by atoms with Crippen molar-refractivity contribution in [2.24, 2.45) is 0 Å². The number of ether oxygens (including phenoxy) is 1. The maximum absolute atomic E-state index is 12.9. The highest BCUT2D eigenvalue weighted by Crippen LogP contribution is 2.34. The lowest BCUT2D eigenvalue weighted by Gasteiger charge is -2.09. The number of nitrogens with zero attached hydrogens (tertiary/aromatic N) is 5. The summed E-state index contributed by atoms with van der Waals surface area (Å²) in [6.45, 7) is 8.03. The standard InChI is InChI=1S/C22H28N6O4S/c1-7-10-32-22(31)17-15(4)18(21(30)26(5)6)33-20(17)23-19(29)16-8-9-27(25-16)12-28-14(3)11-13(2)24-28/h8-9,11H,7,10,12H2,1-6H3,(H,23,29). The molecule has 0 spiro atoms. The van der Waals surface area contributed by atoms with E-state index in [0.717, 1.165) is 22.7 Å². The third-order valence-corrected chi connectivity index (χ3v) is 6.07. The monoisotopic (exact) mass is 472 g/mol. The molecule has 3 aromatic heterocycles. The number of hydrogen-bond donors (Lipinski definition) is 1. The number of nitrogens with one attached hydrogen (secondary N) is 1. The highest BCUT2D eigenvalue weighted by molar-refractivity contribution is 7.18. The Morgan fingerprint density at radius 2 is 1.91 bits per heavy atom. The van der Waals surface area contributed by atoms with Gasteiger partial charge in [-0.25, -0.2) is 9.48 Å². The van der Waals surface area contributed by atoms with Crippen LogP contribution in [-0.4, -0.2) is 62.9 Å². The molecule has 0 aliphatic carbocycles. The minimum absolute atomic E-state index is 0.177. The highest BCUT2D eigenvalue weighted by atomic mass is 32.1. The van der Waals surface area contributed by atoms with E-state index in [0.29, 0.717) is 23.5 Å². The van der Waals surface area contributed by atoms with Gasteiger partial charge < -0.3 is 15.0 Å². The smallest absolute Gasteiger partial charge is 0.341 e. The molecule has 176 valence electrons. The Kier molecular flexibility index (Phi) is 7.32.